The second kappa shape index (κ2) is 4.46. The summed E-state index contributed by atoms with van der Waals surface area (Å²) in [6.45, 7) is 0. The first-order chi connectivity index (χ1) is 7.59. The zero-order valence-electron chi connectivity index (χ0n) is 8.26. The van der Waals surface area contributed by atoms with Crippen LogP contribution in [0.2, 0.25) is 0 Å². The van der Waals surface area contributed by atoms with E-state index >= 15 is 0 Å². The predicted molar refractivity (Wildman–Crippen MR) is 61.9 cm³/mol. The molecule has 3 unspecified atom stereocenters. The van der Waals surface area contributed by atoms with Crippen molar-refractivity contribution in [2.45, 2.75) is 18.2 Å². The third kappa shape index (κ3) is 2.07. The summed E-state index contributed by atoms with van der Waals surface area (Å²) in [4.78, 5) is 10.6. The molecule has 16 heavy (non-hydrogen) atoms. The Hall–Kier alpha value is -1.02. The van der Waals surface area contributed by atoms with Crippen LogP contribution in [0.1, 0.15) is 11.6 Å². The Morgan fingerprint density at radius 1 is 1.44 bits per heavy atom. The van der Waals surface area contributed by atoms with Gasteiger partial charge in [0.15, 0.2) is 0 Å². The minimum atomic E-state index is -0.866. The average molecular weight is 287 g/mol. The van der Waals surface area contributed by atoms with Crippen molar-refractivity contribution < 1.29 is 4.92 Å². The van der Waals surface area contributed by atoms with Gasteiger partial charge >= 0.3 is 0 Å². The molecule has 2 rings (SSSR count). The summed E-state index contributed by atoms with van der Waals surface area (Å²) in [5.74, 6) is 0. The summed E-state index contributed by atoms with van der Waals surface area (Å²) in [6, 6.07) is 6.10. The number of nitrogens with zero attached hydrogens (tertiary/aromatic N) is 1. The number of nitrogens with one attached hydrogen (secondary N) is 2. The van der Waals surface area contributed by atoms with Crippen molar-refractivity contribution in [2.75, 3.05) is 0 Å². The van der Waals surface area contributed by atoms with E-state index in [1.807, 2.05) is 24.3 Å². The molecule has 0 radical (unpaired) electrons. The number of hydrogen-bond acceptors (Lipinski definition) is 5. The Labute approximate surface area is 100 Å². The van der Waals surface area contributed by atoms with Crippen LogP contribution in [0.5, 0.6) is 0 Å². The van der Waals surface area contributed by atoms with Crippen LogP contribution in [0.25, 0.3) is 0 Å². The molecule has 3 atom stereocenters. The van der Waals surface area contributed by atoms with Gasteiger partial charge in [0.05, 0.1) is 0 Å². The Kier molecular flexibility index (Phi) is 3.20. The average Bonchev–Trinajstić information content (AvgIpc) is 2.60. The maximum absolute atomic E-state index is 10.9. The molecule has 4 N–H and O–H groups in total. The van der Waals surface area contributed by atoms with Crippen LogP contribution in [0.3, 0.4) is 0 Å². The molecule has 1 aromatic carbocycles. The number of benzene rings is 1. The van der Waals surface area contributed by atoms with E-state index in [0.717, 1.165) is 10.0 Å². The van der Waals surface area contributed by atoms with E-state index in [4.69, 9.17) is 5.73 Å². The lowest BCUT2D eigenvalue weighted by Gasteiger charge is -2.13. The highest BCUT2D eigenvalue weighted by Gasteiger charge is 2.43. The Balaban J connectivity index is 2.30. The molecule has 0 aliphatic carbocycles. The summed E-state index contributed by atoms with van der Waals surface area (Å²) in [6.07, 6.45) is -0.681. The summed E-state index contributed by atoms with van der Waals surface area (Å²) >= 11 is 3.33. The van der Waals surface area contributed by atoms with Crippen LogP contribution in [0.4, 0.5) is 0 Å². The van der Waals surface area contributed by atoms with Crippen LogP contribution >= 0.6 is 15.9 Å². The molecule has 86 valence electrons. The van der Waals surface area contributed by atoms with E-state index in [2.05, 4.69) is 26.8 Å². The first-order valence-corrected chi connectivity index (χ1v) is 5.54. The molecule has 0 aromatic heterocycles. The van der Waals surface area contributed by atoms with E-state index in [1.165, 1.54) is 0 Å². The fourth-order valence-corrected chi connectivity index (χ4v) is 2.21. The van der Waals surface area contributed by atoms with Gasteiger partial charge in [0.2, 0.25) is 0 Å². The molecule has 0 spiro atoms. The van der Waals surface area contributed by atoms with Gasteiger partial charge in [0.1, 0.15) is 12.2 Å². The van der Waals surface area contributed by atoms with Gasteiger partial charge in [-0.15, -0.1) is 0 Å². The normalized spacial score (nSPS) is 29.2. The van der Waals surface area contributed by atoms with Crippen LogP contribution < -0.4 is 16.6 Å². The number of hydrogen-bond donors (Lipinski definition) is 3. The fraction of sp³-hybridized carbons (Fsp3) is 0.333. The van der Waals surface area contributed by atoms with Crippen molar-refractivity contribution >= 4 is 15.9 Å². The maximum atomic E-state index is 10.9. The monoisotopic (exact) mass is 286 g/mol. The maximum Gasteiger partial charge on any atom is 0.262 e. The highest BCUT2D eigenvalue weighted by molar-refractivity contribution is 9.10. The zero-order chi connectivity index (χ0) is 11.7. The molecule has 1 saturated heterocycles. The van der Waals surface area contributed by atoms with Gasteiger partial charge in [-0.1, -0.05) is 28.1 Å². The van der Waals surface area contributed by atoms with E-state index in [1.54, 1.807) is 0 Å². The molecule has 1 heterocycles. The largest absolute Gasteiger partial charge is 0.309 e. The first-order valence-electron chi connectivity index (χ1n) is 4.75. The van der Waals surface area contributed by atoms with Gasteiger partial charge in [-0.3, -0.25) is 10.1 Å². The highest BCUT2D eigenvalue weighted by Crippen LogP contribution is 2.25. The summed E-state index contributed by atoms with van der Waals surface area (Å²) in [7, 11) is 0. The lowest BCUT2D eigenvalue weighted by Crippen LogP contribution is -2.44. The topological polar surface area (TPSA) is 93.2 Å². The number of rotatable bonds is 2. The quantitative estimate of drug-likeness (QED) is 0.545. The summed E-state index contributed by atoms with van der Waals surface area (Å²) in [5.41, 5.74) is 12.0. The summed E-state index contributed by atoms with van der Waals surface area (Å²) < 4.78 is 0.884. The minimum absolute atomic E-state index is 0.358. The van der Waals surface area contributed by atoms with Crippen molar-refractivity contribution in [2.24, 2.45) is 5.73 Å². The molecule has 6 nitrogen and oxygen atoms in total. The van der Waals surface area contributed by atoms with E-state index in [-0.39, 0.29) is 4.92 Å². The Morgan fingerprint density at radius 2 is 2.19 bits per heavy atom. The van der Waals surface area contributed by atoms with E-state index < -0.39 is 18.2 Å². The Bertz CT molecular complexity index is 414. The molecule has 7 heteroatoms. The third-order valence-electron chi connectivity index (χ3n) is 2.57. The van der Waals surface area contributed by atoms with Crippen LogP contribution in [0.15, 0.2) is 28.7 Å². The smallest absolute Gasteiger partial charge is 0.262 e. The SMILES string of the molecule is NC1NNC(c2cccc(Br)c2)C1[N+](=O)[O-]. The number of nitrogens with two attached hydrogens (primary N) is 1. The molecule has 1 fully saturated rings. The predicted octanol–water partition coefficient (Wildman–Crippen LogP) is 0.528. The van der Waals surface area contributed by atoms with Gasteiger partial charge in [-0.2, -0.15) is 0 Å². The summed E-state index contributed by atoms with van der Waals surface area (Å²) in [5, 5.41) is 10.9. The van der Waals surface area contributed by atoms with Gasteiger partial charge in [-0.25, -0.2) is 10.9 Å². The van der Waals surface area contributed by atoms with Crippen LogP contribution in [0, 0.1) is 10.1 Å². The van der Waals surface area contributed by atoms with Gasteiger partial charge in [0, 0.05) is 9.40 Å². The van der Waals surface area contributed by atoms with E-state index in [0.29, 0.717) is 0 Å². The molecule has 1 aliphatic heterocycles. The van der Waals surface area contributed by atoms with Crippen LogP contribution in [-0.4, -0.2) is 17.1 Å². The fourth-order valence-electron chi connectivity index (χ4n) is 1.80. The van der Waals surface area contributed by atoms with Gasteiger partial charge in [0.25, 0.3) is 6.04 Å². The lowest BCUT2D eigenvalue weighted by atomic mass is 10.0. The van der Waals surface area contributed by atoms with Crippen molar-refractivity contribution in [3.05, 3.63) is 44.4 Å². The molecule has 0 amide bonds. The molecule has 1 aliphatic rings. The van der Waals surface area contributed by atoms with Crippen molar-refractivity contribution in [3.8, 4) is 0 Å². The van der Waals surface area contributed by atoms with Crippen molar-refractivity contribution in [1.29, 1.82) is 0 Å². The number of hydrazine groups is 1. The number of halogens is 1. The Morgan fingerprint density at radius 3 is 2.81 bits per heavy atom. The van der Waals surface area contributed by atoms with Gasteiger partial charge in [-0.05, 0) is 17.7 Å². The van der Waals surface area contributed by atoms with Gasteiger partial charge < -0.3 is 5.73 Å². The molecular weight excluding hydrogens is 276 g/mol. The van der Waals surface area contributed by atoms with Crippen molar-refractivity contribution in [3.63, 3.8) is 0 Å². The second-order valence-corrected chi connectivity index (χ2v) is 4.54. The third-order valence-corrected chi connectivity index (χ3v) is 3.06. The number of nitro groups is 1. The zero-order valence-corrected chi connectivity index (χ0v) is 9.85. The standard InChI is InChI=1S/C9H11BrN4O2/c10-6-3-1-2-5(4-6)7-8(14(15)16)9(11)13-12-7/h1-4,7-9,12-13H,11H2. The molecule has 1 aromatic rings. The minimum Gasteiger partial charge on any atom is -0.309 e. The van der Waals surface area contributed by atoms with Crippen molar-refractivity contribution in [1.82, 2.24) is 10.9 Å². The first kappa shape index (κ1) is 11.5. The van der Waals surface area contributed by atoms with Crippen LogP contribution in [-0.2, 0) is 0 Å². The molecule has 0 saturated carbocycles. The molecule has 0 bridgehead atoms. The molecular formula is C9H11BrN4O2. The lowest BCUT2D eigenvalue weighted by molar-refractivity contribution is -0.526. The second-order valence-electron chi connectivity index (χ2n) is 3.62. The van der Waals surface area contributed by atoms with E-state index in [9.17, 15) is 10.1 Å². The highest BCUT2D eigenvalue weighted by atomic mass is 79.9.